The standard InChI is InChI=1S/C15H17NO3S/c1-11-3-8-14(20-11)15(17)16-9-10-19-13-6-4-12(18-2)5-7-13/h3-8H,9-10H2,1-2H3,(H,16,17). The highest BCUT2D eigenvalue weighted by atomic mass is 32.1. The van der Waals surface area contributed by atoms with E-state index < -0.39 is 0 Å². The minimum Gasteiger partial charge on any atom is -0.497 e. The number of benzene rings is 1. The first kappa shape index (κ1) is 14.4. The van der Waals surface area contributed by atoms with E-state index in [1.165, 1.54) is 11.3 Å². The summed E-state index contributed by atoms with van der Waals surface area (Å²) in [7, 11) is 1.62. The van der Waals surface area contributed by atoms with Crippen LogP contribution in [0, 0.1) is 6.92 Å². The Labute approximate surface area is 122 Å². The van der Waals surface area contributed by atoms with Gasteiger partial charge in [0.1, 0.15) is 18.1 Å². The van der Waals surface area contributed by atoms with E-state index in [-0.39, 0.29) is 5.91 Å². The summed E-state index contributed by atoms with van der Waals surface area (Å²) in [5.41, 5.74) is 0. The molecular weight excluding hydrogens is 274 g/mol. The van der Waals surface area contributed by atoms with Gasteiger partial charge in [-0.05, 0) is 43.3 Å². The lowest BCUT2D eigenvalue weighted by Crippen LogP contribution is -2.27. The Morgan fingerprint density at radius 3 is 2.45 bits per heavy atom. The largest absolute Gasteiger partial charge is 0.497 e. The molecule has 4 nitrogen and oxygen atoms in total. The molecule has 1 amide bonds. The van der Waals surface area contributed by atoms with Crippen LogP contribution in [0.1, 0.15) is 14.5 Å². The van der Waals surface area contributed by atoms with E-state index in [1.807, 2.05) is 43.3 Å². The fourth-order valence-electron chi connectivity index (χ4n) is 1.65. The van der Waals surface area contributed by atoms with Crippen LogP contribution in [0.4, 0.5) is 0 Å². The van der Waals surface area contributed by atoms with Crippen LogP contribution < -0.4 is 14.8 Å². The second-order valence-electron chi connectivity index (χ2n) is 4.19. The molecule has 0 atom stereocenters. The molecule has 0 aliphatic rings. The summed E-state index contributed by atoms with van der Waals surface area (Å²) in [5, 5.41) is 2.83. The van der Waals surface area contributed by atoms with E-state index in [0.29, 0.717) is 13.2 Å². The van der Waals surface area contributed by atoms with E-state index in [1.54, 1.807) is 7.11 Å². The molecule has 1 aromatic carbocycles. The highest BCUT2D eigenvalue weighted by Crippen LogP contribution is 2.17. The van der Waals surface area contributed by atoms with Crippen molar-refractivity contribution < 1.29 is 14.3 Å². The van der Waals surface area contributed by atoms with Gasteiger partial charge in [-0.3, -0.25) is 4.79 Å². The molecule has 2 aromatic rings. The second-order valence-corrected chi connectivity index (χ2v) is 5.48. The number of aryl methyl sites for hydroxylation is 1. The molecular formula is C15H17NO3S. The highest BCUT2D eigenvalue weighted by molar-refractivity contribution is 7.13. The SMILES string of the molecule is COc1ccc(OCCNC(=O)c2ccc(C)s2)cc1. The van der Waals surface area contributed by atoms with Gasteiger partial charge < -0.3 is 14.8 Å². The molecule has 0 saturated carbocycles. The monoisotopic (exact) mass is 291 g/mol. The smallest absolute Gasteiger partial charge is 0.261 e. The molecule has 106 valence electrons. The Balaban J connectivity index is 1.72. The van der Waals surface area contributed by atoms with Gasteiger partial charge in [0, 0.05) is 4.88 Å². The zero-order chi connectivity index (χ0) is 14.4. The molecule has 0 spiro atoms. The molecule has 1 heterocycles. The van der Waals surface area contributed by atoms with E-state index in [4.69, 9.17) is 9.47 Å². The quantitative estimate of drug-likeness (QED) is 0.833. The molecule has 0 aliphatic carbocycles. The first-order chi connectivity index (χ1) is 9.69. The summed E-state index contributed by atoms with van der Waals surface area (Å²) < 4.78 is 10.6. The second kappa shape index (κ2) is 6.96. The first-order valence-electron chi connectivity index (χ1n) is 6.30. The van der Waals surface area contributed by atoms with Crippen molar-refractivity contribution in [1.82, 2.24) is 5.32 Å². The predicted molar refractivity (Wildman–Crippen MR) is 79.9 cm³/mol. The van der Waals surface area contributed by atoms with Crippen molar-refractivity contribution in [2.45, 2.75) is 6.92 Å². The number of ether oxygens (including phenoxy) is 2. The van der Waals surface area contributed by atoms with Gasteiger partial charge in [-0.15, -0.1) is 11.3 Å². The predicted octanol–water partition coefficient (Wildman–Crippen LogP) is 2.87. The summed E-state index contributed by atoms with van der Waals surface area (Å²) in [6.45, 7) is 2.89. The van der Waals surface area contributed by atoms with E-state index >= 15 is 0 Å². The Hall–Kier alpha value is -2.01. The van der Waals surface area contributed by atoms with Crippen LogP contribution in [0.3, 0.4) is 0 Å². The molecule has 0 radical (unpaired) electrons. The maximum Gasteiger partial charge on any atom is 0.261 e. The third-order valence-electron chi connectivity index (χ3n) is 2.68. The van der Waals surface area contributed by atoms with Gasteiger partial charge in [-0.2, -0.15) is 0 Å². The maximum atomic E-state index is 11.8. The van der Waals surface area contributed by atoms with Crippen molar-refractivity contribution in [2.24, 2.45) is 0 Å². The van der Waals surface area contributed by atoms with E-state index in [9.17, 15) is 4.79 Å². The van der Waals surface area contributed by atoms with Crippen LogP contribution in [-0.2, 0) is 0 Å². The zero-order valence-electron chi connectivity index (χ0n) is 11.5. The van der Waals surface area contributed by atoms with Crippen molar-refractivity contribution in [3.8, 4) is 11.5 Å². The average molecular weight is 291 g/mol. The van der Waals surface area contributed by atoms with Crippen LogP contribution in [0.25, 0.3) is 0 Å². The zero-order valence-corrected chi connectivity index (χ0v) is 12.3. The Morgan fingerprint density at radius 1 is 1.15 bits per heavy atom. The number of hydrogen-bond acceptors (Lipinski definition) is 4. The number of hydrogen-bond donors (Lipinski definition) is 1. The van der Waals surface area contributed by atoms with Crippen molar-refractivity contribution in [1.29, 1.82) is 0 Å². The summed E-state index contributed by atoms with van der Waals surface area (Å²) in [5.74, 6) is 1.49. The Kier molecular flexibility index (Phi) is 5.01. The molecule has 0 unspecified atom stereocenters. The number of thiophene rings is 1. The minimum atomic E-state index is -0.0542. The number of amides is 1. The maximum absolute atomic E-state index is 11.8. The van der Waals surface area contributed by atoms with Crippen molar-refractivity contribution in [3.05, 3.63) is 46.2 Å². The van der Waals surface area contributed by atoms with Gasteiger partial charge >= 0.3 is 0 Å². The van der Waals surface area contributed by atoms with Crippen molar-refractivity contribution >= 4 is 17.2 Å². The first-order valence-corrected chi connectivity index (χ1v) is 7.12. The number of carbonyl (C=O) groups excluding carboxylic acids is 1. The van der Waals surface area contributed by atoms with Gasteiger partial charge in [-0.25, -0.2) is 0 Å². The number of nitrogens with one attached hydrogen (secondary N) is 1. The fraction of sp³-hybridized carbons (Fsp3) is 0.267. The summed E-state index contributed by atoms with van der Waals surface area (Å²) in [4.78, 5) is 13.6. The summed E-state index contributed by atoms with van der Waals surface area (Å²) in [6.07, 6.45) is 0. The third-order valence-corrected chi connectivity index (χ3v) is 3.68. The van der Waals surface area contributed by atoms with Crippen LogP contribution in [0.5, 0.6) is 11.5 Å². The van der Waals surface area contributed by atoms with Crippen LogP contribution in [0.2, 0.25) is 0 Å². The highest BCUT2D eigenvalue weighted by Gasteiger charge is 2.06. The molecule has 0 aliphatic heterocycles. The van der Waals surface area contributed by atoms with E-state index in [2.05, 4.69) is 5.32 Å². The molecule has 5 heteroatoms. The van der Waals surface area contributed by atoms with Crippen LogP contribution >= 0.6 is 11.3 Å². The molecule has 1 N–H and O–H groups in total. The molecule has 20 heavy (non-hydrogen) atoms. The molecule has 1 aromatic heterocycles. The Morgan fingerprint density at radius 2 is 1.85 bits per heavy atom. The van der Waals surface area contributed by atoms with Crippen LogP contribution in [-0.4, -0.2) is 26.2 Å². The summed E-state index contributed by atoms with van der Waals surface area (Å²) in [6, 6.07) is 11.1. The van der Waals surface area contributed by atoms with Crippen LogP contribution in [0.15, 0.2) is 36.4 Å². The van der Waals surface area contributed by atoms with Gasteiger partial charge in [0.2, 0.25) is 0 Å². The van der Waals surface area contributed by atoms with Crippen molar-refractivity contribution in [3.63, 3.8) is 0 Å². The minimum absolute atomic E-state index is 0.0542. The average Bonchev–Trinajstić information content (AvgIpc) is 2.91. The lowest BCUT2D eigenvalue weighted by Gasteiger charge is -2.07. The number of methoxy groups -OCH3 is 1. The topological polar surface area (TPSA) is 47.6 Å². The van der Waals surface area contributed by atoms with E-state index in [0.717, 1.165) is 21.3 Å². The fourth-order valence-corrected chi connectivity index (χ4v) is 2.43. The normalized spacial score (nSPS) is 10.1. The molecule has 0 fully saturated rings. The number of rotatable bonds is 6. The number of carbonyl (C=O) groups is 1. The van der Waals surface area contributed by atoms with Gasteiger partial charge in [0.05, 0.1) is 18.5 Å². The van der Waals surface area contributed by atoms with Gasteiger partial charge in [0.25, 0.3) is 5.91 Å². The third kappa shape index (κ3) is 3.99. The lowest BCUT2D eigenvalue weighted by atomic mass is 10.3. The summed E-state index contributed by atoms with van der Waals surface area (Å²) >= 11 is 1.49. The van der Waals surface area contributed by atoms with Crippen molar-refractivity contribution in [2.75, 3.05) is 20.3 Å². The lowest BCUT2D eigenvalue weighted by molar-refractivity contribution is 0.0951. The molecule has 0 bridgehead atoms. The molecule has 2 rings (SSSR count). The van der Waals surface area contributed by atoms with Gasteiger partial charge in [-0.1, -0.05) is 0 Å². The Bertz CT molecular complexity index is 563. The van der Waals surface area contributed by atoms with Gasteiger partial charge in [0.15, 0.2) is 0 Å². The molecule has 0 saturated heterocycles.